The van der Waals surface area contributed by atoms with Crippen molar-refractivity contribution in [1.82, 2.24) is 9.80 Å². The molecule has 86 valence electrons. The van der Waals surface area contributed by atoms with Gasteiger partial charge in [-0.3, -0.25) is 9.69 Å². The summed E-state index contributed by atoms with van der Waals surface area (Å²) in [6, 6.07) is 0. The lowest BCUT2D eigenvalue weighted by molar-refractivity contribution is -0.127. The number of hydrogen-bond donors (Lipinski definition) is 0. The van der Waals surface area contributed by atoms with Gasteiger partial charge >= 0.3 is 0 Å². The van der Waals surface area contributed by atoms with Crippen LogP contribution in [-0.4, -0.2) is 67.0 Å². The van der Waals surface area contributed by atoms with Gasteiger partial charge in [0, 0.05) is 39.1 Å². The summed E-state index contributed by atoms with van der Waals surface area (Å²) in [6.45, 7) is 6.04. The van der Waals surface area contributed by atoms with Gasteiger partial charge in [-0.05, 0) is 0 Å². The normalized spacial score (nSPS) is 28.7. The summed E-state index contributed by atoms with van der Waals surface area (Å²) in [7, 11) is 0. The van der Waals surface area contributed by atoms with Crippen LogP contribution in [0.5, 0.6) is 0 Å². The first kappa shape index (κ1) is 11.2. The van der Waals surface area contributed by atoms with Gasteiger partial charge in [0.1, 0.15) is 0 Å². The van der Waals surface area contributed by atoms with Crippen molar-refractivity contribution in [2.24, 2.45) is 0 Å². The minimum Gasteiger partial charge on any atom is -0.379 e. The first-order valence-electron chi connectivity index (χ1n) is 5.47. The van der Waals surface area contributed by atoms with Crippen LogP contribution in [-0.2, 0) is 9.53 Å². The summed E-state index contributed by atoms with van der Waals surface area (Å²) >= 11 is 5.93. The molecule has 4 nitrogen and oxygen atoms in total. The number of amides is 1. The number of halogens is 1. The Kier molecular flexibility index (Phi) is 3.83. The first-order valence-corrected chi connectivity index (χ1v) is 5.91. The van der Waals surface area contributed by atoms with E-state index in [0.717, 1.165) is 39.4 Å². The molecule has 0 aromatic carbocycles. The second kappa shape index (κ2) is 5.14. The summed E-state index contributed by atoms with van der Waals surface area (Å²) in [6.07, 6.45) is 0.505. The smallest absolute Gasteiger partial charge is 0.224 e. The molecule has 0 radical (unpaired) electrons. The third-order valence-corrected chi connectivity index (χ3v) is 3.25. The molecule has 15 heavy (non-hydrogen) atoms. The van der Waals surface area contributed by atoms with E-state index in [1.807, 2.05) is 4.90 Å². The van der Waals surface area contributed by atoms with E-state index in [2.05, 4.69) is 4.90 Å². The van der Waals surface area contributed by atoms with E-state index in [9.17, 15) is 4.79 Å². The fraction of sp³-hybridized carbons (Fsp3) is 0.900. The van der Waals surface area contributed by atoms with E-state index in [-0.39, 0.29) is 11.3 Å². The van der Waals surface area contributed by atoms with Gasteiger partial charge in [-0.25, -0.2) is 0 Å². The number of nitrogens with zero attached hydrogens (tertiary/aromatic N) is 2. The molecule has 2 aliphatic heterocycles. The molecule has 0 saturated carbocycles. The maximum absolute atomic E-state index is 11.5. The summed E-state index contributed by atoms with van der Waals surface area (Å²) in [5, 5.41) is 0.0159. The van der Waals surface area contributed by atoms with E-state index >= 15 is 0 Å². The van der Waals surface area contributed by atoms with Crippen LogP contribution < -0.4 is 0 Å². The maximum Gasteiger partial charge on any atom is 0.224 e. The molecule has 1 atom stereocenters. The zero-order chi connectivity index (χ0) is 10.7. The average Bonchev–Trinajstić information content (AvgIpc) is 2.56. The summed E-state index contributed by atoms with van der Waals surface area (Å²) in [5.41, 5.74) is 0. The molecule has 0 aromatic heterocycles. The zero-order valence-corrected chi connectivity index (χ0v) is 9.58. The third kappa shape index (κ3) is 3.06. The van der Waals surface area contributed by atoms with Crippen molar-refractivity contribution in [1.29, 1.82) is 0 Å². The average molecular weight is 233 g/mol. The van der Waals surface area contributed by atoms with Gasteiger partial charge in [0.05, 0.1) is 18.6 Å². The number of likely N-dealkylation sites (tertiary alicyclic amines) is 1. The minimum atomic E-state index is 0.0159. The zero-order valence-electron chi connectivity index (χ0n) is 8.82. The van der Waals surface area contributed by atoms with Crippen LogP contribution in [0.4, 0.5) is 0 Å². The molecule has 2 heterocycles. The molecule has 0 spiro atoms. The van der Waals surface area contributed by atoms with E-state index < -0.39 is 0 Å². The monoisotopic (exact) mass is 232 g/mol. The summed E-state index contributed by atoms with van der Waals surface area (Å²) < 4.78 is 5.27. The maximum atomic E-state index is 11.5. The van der Waals surface area contributed by atoms with Gasteiger partial charge in [0.2, 0.25) is 5.91 Å². The van der Waals surface area contributed by atoms with E-state index in [1.165, 1.54) is 0 Å². The molecular weight excluding hydrogens is 216 g/mol. The second-order valence-electron chi connectivity index (χ2n) is 4.10. The Morgan fingerprint density at radius 2 is 2.07 bits per heavy atom. The van der Waals surface area contributed by atoms with Crippen LogP contribution in [0.15, 0.2) is 0 Å². The van der Waals surface area contributed by atoms with Crippen molar-refractivity contribution in [3.63, 3.8) is 0 Å². The highest BCUT2D eigenvalue weighted by Gasteiger charge is 2.27. The van der Waals surface area contributed by atoms with E-state index in [0.29, 0.717) is 13.0 Å². The number of carbonyl (C=O) groups excluding carboxylic acids is 1. The minimum absolute atomic E-state index is 0.0159. The fourth-order valence-electron chi connectivity index (χ4n) is 2.03. The Morgan fingerprint density at radius 1 is 1.33 bits per heavy atom. The van der Waals surface area contributed by atoms with Crippen molar-refractivity contribution in [2.45, 2.75) is 11.8 Å². The topological polar surface area (TPSA) is 32.8 Å². The van der Waals surface area contributed by atoms with Crippen molar-refractivity contribution < 1.29 is 9.53 Å². The van der Waals surface area contributed by atoms with Gasteiger partial charge in [-0.2, -0.15) is 0 Å². The first-order chi connectivity index (χ1) is 7.25. The Hall–Kier alpha value is -0.320. The molecule has 2 rings (SSSR count). The standard InChI is InChI=1S/C10H17ClN2O2/c11-9-7-10(14)13(8-9)2-1-12-3-5-15-6-4-12/h9H,1-8H2. The summed E-state index contributed by atoms with van der Waals surface area (Å²) in [5.74, 6) is 0.197. The number of morpholine rings is 1. The predicted octanol–water partition coefficient (Wildman–Crippen LogP) is 0.158. The van der Waals surface area contributed by atoms with Crippen LogP contribution in [0.3, 0.4) is 0 Å². The van der Waals surface area contributed by atoms with Gasteiger partial charge in [0.25, 0.3) is 0 Å². The number of alkyl halides is 1. The predicted molar refractivity (Wildman–Crippen MR) is 58.1 cm³/mol. The Labute approximate surface area is 95.1 Å². The van der Waals surface area contributed by atoms with Crippen LogP contribution in [0.25, 0.3) is 0 Å². The second-order valence-corrected chi connectivity index (χ2v) is 4.71. The molecule has 1 amide bonds. The van der Waals surface area contributed by atoms with Crippen LogP contribution in [0.2, 0.25) is 0 Å². The number of rotatable bonds is 3. The van der Waals surface area contributed by atoms with Crippen LogP contribution >= 0.6 is 11.6 Å². The summed E-state index contributed by atoms with van der Waals surface area (Å²) in [4.78, 5) is 15.7. The number of carbonyl (C=O) groups is 1. The van der Waals surface area contributed by atoms with Crippen molar-refractivity contribution in [3.05, 3.63) is 0 Å². The molecule has 1 unspecified atom stereocenters. The van der Waals surface area contributed by atoms with Gasteiger partial charge < -0.3 is 9.64 Å². The molecule has 2 fully saturated rings. The molecule has 0 aromatic rings. The molecule has 5 heteroatoms. The van der Waals surface area contributed by atoms with Crippen molar-refractivity contribution in [2.75, 3.05) is 45.9 Å². The SMILES string of the molecule is O=C1CC(Cl)CN1CCN1CCOCC1. The van der Waals surface area contributed by atoms with Gasteiger partial charge in [0.15, 0.2) is 0 Å². The molecular formula is C10H17ClN2O2. The highest BCUT2D eigenvalue weighted by atomic mass is 35.5. The molecule has 2 aliphatic rings. The lowest BCUT2D eigenvalue weighted by Gasteiger charge is -2.28. The Balaban J connectivity index is 1.70. The lowest BCUT2D eigenvalue weighted by Crippen LogP contribution is -2.41. The quantitative estimate of drug-likeness (QED) is 0.650. The molecule has 2 saturated heterocycles. The van der Waals surface area contributed by atoms with Gasteiger partial charge in [-0.15, -0.1) is 11.6 Å². The largest absolute Gasteiger partial charge is 0.379 e. The third-order valence-electron chi connectivity index (χ3n) is 2.96. The van der Waals surface area contributed by atoms with E-state index in [1.54, 1.807) is 0 Å². The van der Waals surface area contributed by atoms with Crippen molar-refractivity contribution in [3.8, 4) is 0 Å². The highest BCUT2D eigenvalue weighted by molar-refractivity contribution is 6.22. The van der Waals surface area contributed by atoms with Gasteiger partial charge in [-0.1, -0.05) is 0 Å². The fourth-order valence-corrected chi connectivity index (χ4v) is 2.33. The van der Waals surface area contributed by atoms with Crippen molar-refractivity contribution >= 4 is 17.5 Å². The van der Waals surface area contributed by atoms with E-state index in [4.69, 9.17) is 16.3 Å². The van der Waals surface area contributed by atoms with Crippen LogP contribution in [0, 0.1) is 0 Å². The molecule has 0 aliphatic carbocycles. The van der Waals surface area contributed by atoms with Crippen LogP contribution in [0.1, 0.15) is 6.42 Å². The Morgan fingerprint density at radius 3 is 2.67 bits per heavy atom. The highest BCUT2D eigenvalue weighted by Crippen LogP contribution is 2.15. The number of ether oxygens (including phenoxy) is 1. The number of hydrogen-bond acceptors (Lipinski definition) is 3. The molecule has 0 bridgehead atoms. The lowest BCUT2D eigenvalue weighted by atomic mass is 10.4. The molecule has 0 N–H and O–H groups in total. The Bertz CT molecular complexity index is 231.